The molecule has 1 aromatic carbocycles. The summed E-state index contributed by atoms with van der Waals surface area (Å²) in [6.45, 7) is 11.7. The molecule has 0 saturated heterocycles. The second-order valence-corrected chi connectivity index (χ2v) is 6.12. The molecule has 0 aromatic heterocycles. The zero-order valence-corrected chi connectivity index (χ0v) is 12.9. The number of nitrogens with one attached hydrogen (secondary N) is 1. The molecule has 106 valence electrons. The van der Waals surface area contributed by atoms with Gasteiger partial charge in [-0.3, -0.25) is 4.79 Å². The second-order valence-electron chi connectivity index (χ2n) is 6.12. The highest BCUT2D eigenvalue weighted by Crippen LogP contribution is 2.19. The zero-order valence-electron chi connectivity index (χ0n) is 12.9. The van der Waals surface area contributed by atoms with Gasteiger partial charge in [-0.1, -0.05) is 57.5 Å². The van der Waals surface area contributed by atoms with Crippen LogP contribution in [0.15, 0.2) is 24.3 Å². The summed E-state index contributed by atoms with van der Waals surface area (Å²) >= 11 is 0. The van der Waals surface area contributed by atoms with Crippen LogP contribution in [0.3, 0.4) is 0 Å². The average Bonchev–Trinajstić information content (AvgIpc) is 2.31. The summed E-state index contributed by atoms with van der Waals surface area (Å²) in [7, 11) is 0. The Morgan fingerprint density at radius 2 is 1.58 bits per heavy atom. The second kappa shape index (κ2) is 7.32. The Hall–Kier alpha value is -1.31. The predicted molar refractivity (Wildman–Crippen MR) is 81.1 cm³/mol. The lowest BCUT2D eigenvalue weighted by molar-refractivity contribution is -0.120. The summed E-state index contributed by atoms with van der Waals surface area (Å²) in [6, 6.07) is 8.15. The van der Waals surface area contributed by atoms with Crippen LogP contribution in [0, 0.1) is 24.7 Å². The number of rotatable bonds is 6. The fourth-order valence-corrected chi connectivity index (χ4v) is 2.43. The molecule has 0 aliphatic heterocycles. The smallest absolute Gasteiger partial charge is 0.224 e. The third kappa shape index (κ3) is 5.46. The lowest BCUT2D eigenvalue weighted by Gasteiger charge is -2.25. The van der Waals surface area contributed by atoms with Gasteiger partial charge in [-0.2, -0.15) is 0 Å². The average molecular weight is 261 g/mol. The van der Waals surface area contributed by atoms with E-state index < -0.39 is 0 Å². The van der Waals surface area contributed by atoms with Gasteiger partial charge < -0.3 is 5.32 Å². The summed E-state index contributed by atoms with van der Waals surface area (Å²) < 4.78 is 0. The highest BCUT2D eigenvalue weighted by molar-refractivity contribution is 5.78. The minimum atomic E-state index is 0.121. The van der Waals surface area contributed by atoms with Crippen LogP contribution in [0.1, 0.15) is 38.8 Å². The van der Waals surface area contributed by atoms with E-state index in [2.05, 4.69) is 39.9 Å². The largest absolute Gasteiger partial charge is 0.356 e. The molecule has 0 radical (unpaired) electrons. The highest BCUT2D eigenvalue weighted by Gasteiger charge is 2.18. The number of hydrogen-bond acceptors (Lipinski definition) is 1. The molecule has 0 aliphatic rings. The number of hydrogen-bond donors (Lipinski definition) is 1. The standard InChI is InChI=1S/C17H27NO/c1-12(2)16(13(3)4)11-18-17(19)10-15-8-6-14(5)7-9-15/h6-9,12-13,16H,10-11H2,1-5H3,(H,18,19). The van der Waals surface area contributed by atoms with Crippen molar-refractivity contribution in [2.45, 2.75) is 41.0 Å². The first-order valence-corrected chi connectivity index (χ1v) is 7.22. The lowest BCUT2D eigenvalue weighted by atomic mass is 9.85. The molecule has 0 fully saturated rings. The summed E-state index contributed by atoms with van der Waals surface area (Å²) in [6.07, 6.45) is 0.475. The Bertz CT molecular complexity index is 384. The molecule has 1 aromatic rings. The maximum Gasteiger partial charge on any atom is 0.224 e. The maximum absolute atomic E-state index is 11.9. The molecule has 0 spiro atoms. The zero-order chi connectivity index (χ0) is 14.4. The van der Waals surface area contributed by atoms with E-state index in [1.165, 1.54) is 5.56 Å². The molecule has 0 aliphatic carbocycles. The topological polar surface area (TPSA) is 29.1 Å². The van der Waals surface area contributed by atoms with E-state index in [1.54, 1.807) is 0 Å². The molecule has 0 unspecified atom stereocenters. The SMILES string of the molecule is Cc1ccc(CC(=O)NCC(C(C)C)C(C)C)cc1. The van der Waals surface area contributed by atoms with Crippen LogP contribution in [0.25, 0.3) is 0 Å². The van der Waals surface area contributed by atoms with Crippen molar-refractivity contribution < 1.29 is 4.79 Å². The van der Waals surface area contributed by atoms with Gasteiger partial charge in [-0.25, -0.2) is 0 Å². The minimum absolute atomic E-state index is 0.121. The minimum Gasteiger partial charge on any atom is -0.356 e. The number of aryl methyl sites for hydroxylation is 1. The summed E-state index contributed by atoms with van der Waals surface area (Å²) in [5.41, 5.74) is 2.30. The monoisotopic (exact) mass is 261 g/mol. The molecule has 2 nitrogen and oxygen atoms in total. The Kier molecular flexibility index (Phi) is 6.07. The third-order valence-electron chi connectivity index (χ3n) is 3.73. The molecule has 0 heterocycles. The molecule has 2 heteroatoms. The van der Waals surface area contributed by atoms with Crippen LogP contribution in [0.5, 0.6) is 0 Å². The van der Waals surface area contributed by atoms with Crippen molar-refractivity contribution in [2.75, 3.05) is 6.54 Å². The summed E-state index contributed by atoms with van der Waals surface area (Å²) in [5.74, 6) is 1.86. The maximum atomic E-state index is 11.9. The number of benzene rings is 1. The summed E-state index contributed by atoms with van der Waals surface area (Å²) in [4.78, 5) is 11.9. The van der Waals surface area contributed by atoms with Crippen molar-refractivity contribution in [3.05, 3.63) is 35.4 Å². The molecular weight excluding hydrogens is 234 g/mol. The van der Waals surface area contributed by atoms with Gasteiger partial charge in [-0.05, 0) is 30.2 Å². The fourth-order valence-electron chi connectivity index (χ4n) is 2.43. The van der Waals surface area contributed by atoms with Crippen LogP contribution in [0.2, 0.25) is 0 Å². The van der Waals surface area contributed by atoms with Crippen LogP contribution in [-0.4, -0.2) is 12.5 Å². The van der Waals surface area contributed by atoms with E-state index in [1.807, 2.05) is 24.3 Å². The Balaban J connectivity index is 2.45. The van der Waals surface area contributed by atoms with Crippen LogP contribution in [0.4, 0.5) is 0 Å². The van der Waals surface area contributed by atoms with Crippen molar-refractivity contribution in [1.82, 2.24) is 5.32 Å². The van der Waals surface area contributed by atoms with Crippen molar-refractivity contribution in [3.63, 3.8) is 0 Å². The van der Waals surface area contributed by atoms with Gasteiger partial charge in [0.05, 0.1) is 6.42 Å². The van der Waals surface area contributed by atoms with Crippen LogP contribution in [-0.2, 0) is 11.2 Å². The van der Waals surface area contributed by atoms with Gasteiger partial charge in [0.1, 0.15) is 0 Å². The highest BCUT2D eigenvalue weighted by atomic mass is 16.1. The molecular formula is C17H27NO. The van der Waals surface area contributed by atoms with Gasteiger partial charge in [-0.15, -0.1) is 0 Å². The lowest BCUT2D eigenvalue weighted by Crippen LogP contribution is -2.34. The van der Waals surface area contributed by atoms with Gasteiger partial charge in [0, 0.05) is 6.54 Å². The normalized spacial score (nSPS) is 11.4. The number of carbonyl (C=O) groups excluding carboxylic acids is 1. The predicted octanol–water partition coefficient (Wildman–Crippen LogP) is 3.58. The molecule has 19 heavy (non-hydrogen) atoms. The van der Waals surface area contributed by atoms with Crippen molar-refractivity contribution in [3.8, 4) is 0 Å². The molecule has 1 N–H and O–H groups in total. The first kappa shape index (κ1) is 15.7. The molecule has 0 bridgehead atoms. The van der Waals surface area contributed by atoms with Gasteiger partial charge in [0.15, 0.2) is 0 Å². The molecule has 1 rings (SSSR count). The van der Waals surface area contributed by atoms with E-state index in [0.717, 1.165) is 12.1 Å². The van der Waals surface area contributed by atoms with Gasteiger partial charge >= 0.3 is 0 Å². The first-order chi connectivity index (χ1) is 8.90. The molecule has 0 atom stereocenters. The van der Waals surface area contributed by atoms with Gasteiger partial charge in [0.2, 0.25) is 5.91 Å². The van der Waals surface area contributed by atoms with Gasteiger partial charge in [0.25, 0.3) is 0 Å². The third-order valence-corrected chi connectivity index (χ3v) is 3.73. The van der Waals surface area contributed by atoms with Crippen molar-refractivity contribution in [1.29, 1.82) is 0 Å². The Morgan fingerprint density at radius 3 is 2.05 bits per heavy atom. The number of carbonyl (C=O) groups is 1. The number of amides is 1. The van der Waals surface area contributed by atoms with Crippen molar-refractivity contribution in [2.24, 2.45) is 17.8 Å². The van der Waals surface area contributed by atoms with E-state index in [0.29, 0.717) is 24.2 Å². The van der Waals surface area contributed by atoms with E-state index in [-0.39, 0.29) is 5.91 Å². The quantitative estimate of drug-likeness (QED) is 0.833. The van der Waals surface area contributed by atoms with Crippen LogP contribution >= 0.6 is 0 Å². The molecule has 0 saturated carbocycles. The van der Waals surface area contributed by atoms with E-state index in [9.17, 15) is 4.79 Å². The van der Waals surface area contributed by atoms with Crippen LogP contribution < -0.4 is 5.32 Å². The van der Waals surface area contributed by atoms with Crippen molar-refractivity contribution >= 4 is 5.91 Å². The molecule has 1 amide bonds. The Morgan fingerprint density at radius 1 is 1.05 bits per heavy atom. The van der Waals surface area contributed by atoms with E-state index >= 15 is 0 Å². The summed E-state index contributed by atoms with van der Waals surface area (Å²) in [5, 5.41) is 3.07. The Labute approximate surface area is 117 Å². The fraction of sp³-hybridized carbons (Fsp3) is 0.588. The first-order valence-electron chi connectivity index (χ1n) is 7.22. The van der Waals surface area contributed by atoms with E-state index in [4.69, 9.17) is 0 Å².